The molecule has 1 aromatic heterocycles. The van der Waals surface area contributed by atoms with Crippen LogP contribution in [-0.4, -0.2) is 23.0 Å². The maximum absolute atomic E-state index is 3.25. The van der Waals surface area contributed by atoms with Crippen molar-refractivity contribution in [3.8, 4) is 0 Å². The van der Waals surface area contributed by atoms with Gasteiger partial charge in [-0.25, -0.2) is 0 Å². The van der Waals surface area contributed by atoms with Crippen LogP contribution >= 0.6 is 0 Å². The molecule has 0 unspecified atom stereocenters. The molecular weight excluding hydrogens is 184 g/mol. The molecule has 0 amide bonds. The van der Waals surface area contributed by atoms with Crippen LogP contribution in [-0.2, 0) is 6.54 Å². The molecule has 0 aliphatic carbocycles. The fraction of sp³-hybridized carbons (Fsp3) is 0.385. The highest BCUT2D eigenvalue weighted by molar-refractivity contribution is 5.82. The largest absolute Gasteiger partial charge is 0.361 e. The van der Waals surface area contributed by atoms with Gasteiger partial charge in [-0.15, -0.1) is 0 Å². The predicted molar refractivity (Wildman–Crippen MR) is 64.9 cm³/mol. The molecule has 0 radical (unpaired) electrons. The van der Waals surface area contributed by atoms with Gasteiger partial charge in [0.15, 0.2) is 0 Å². The second-order valence-electron chi connectivity index (χ2n) is 3.82. The van der Waals surface area contributed by atoms with Crippen molar-refractivity contribution < 1.29 is 0 Å². The zero-order valence-corrected chi connectivity index (χ0v) is 9.46. The van der Waals surface area contributed by atoms with Crippen molar-refractivity contribution in [3.63, 3.8) is 0 Å². The number of fused-ring (bicyclic) bond motifs is 1. The standard InChI is InChI=1S/C13H18N2/c1-3-15(4-2)10-11-6-5-7-13-12(11)8-9-14-13/h5-9,14H,3-4,10H2,1-2H3. The van der Waals surface area contributed by atoms with Gasteiger partial charge in [0.05, 0.1) is 0 Å². The third kappa shape index (κ3) is 2.05. The van der Waals surface area contributed by atoms with E-state index in [1.807, 2.05) is 6.20 Å². The number of H-pyrrole nitrogens is 1. The molecule has 15 heavy (non-hydrogen) atoms. The number of hydrogen-bond donors (Lipinski definition) is 1. The SMILES string of the molecule is CCN(CC)Cc1cccc2[nH]ccc12. The topological polar surface area (TPSA) is 19.0 Å². The molecule has 2 rings (SSSR count). The second kappa shape index (κ2) is 4.49. The lowest BCUT2D eigenvalue weighted by molar-refractivity contribution is 0.297. The molecule has 0 aliphatic heterocycles. The summed E-state index contributed by atoms with van der Waals surface area (Å²) in [6, 6.07) is 8.63. The summed E-state index contributed by atoms with van der Waals surface area (Å²) in [4.78, 5) is 5.68. The smallest absolute Gasteiger partial charge is 0.0457 e. The number of nitrogens with zero attached hydrogens (tertiary/aromatic N) is 1. The van der Waals surface area contributed by atoms with Gasteiger partial charge in [-0.2, -0.15) is 0 Å². The van der Waals surface area contributed by atoms with E-state index in [0.717, 1.165) is 19.6 Å². The molecule has 0 atom stereocenters. The zero-order valence-electron chi connectivity index (χ0n) is 9.46. The van der Waals surface area contributed by atoms with Gasteiger partial charge in [-0.1, -0.05) is 26.0 Å². The molecule has 0 saturated carbocycles. The van der Waals surface area contributed by atoms with Crippen molar-refractivity contribution in [1.82, 2.24) is 9.88 Å². The fourth-order valence-corrected chi connectivity index (χ4v) is 1.98. The van der Waals surface area contributed by atoms with Gasteiger partial charge in [-0.05, 0) is 30.8 Å². The first-order chi connectivity index (χ1) is 7.35. The highest BCUT2D eigenvalue weighted by Gasteiger charge is 2.05. The first-order valence-corrected chi connectivity index (χ1v) is 5.62. The Kier molecular flexibility index (Phi) is 3.07. The Hall–Kier alpha value is -1.28. The van der Waals surface area contributed by atoms with E-state index >= 15 is 0 Å². The third-order valence-electron chi connectivity index (χ3n) is 2.97. The summed E-state index contributed by atoms with van der Waals surface area (Å²) in [5.74, 6) is 0. The molecule has 80 valence electrons. The third-order valence-corrected chi connectivity index (χ3v) is 2.97. The average Bonchev–Trinajstić information content (AvgIpc) is 2.74. The van der Waals surface area contributed by atoms with E-state index in [2.05, 4.69) is 48.0 Å². The van der Waals surface area contributed by atoms with Crippen molar-refractivity contribution in [2.75, 3.05) is 13.1 Å². The molecule has 0 fully saturated rings. The maximum Gasteiger partial charge on any atom is 0.0457 e. The predicted octanol–water partition coefficient (Wildman–Crippen LogP) is 3.01. The van der Waals surface area contributed by atoms with Crippen LogP contribution in [0.3, 0.4) is 0 Å². The van der Waals surface area contributed by atoms with Gasteiger partial charge in [0.25, 0.3) is 0 Å². The molecule has 0 aliphatic rings. The minimum atomic E-state index is 1.04. The summed E-state index contributed by atoms with van der Waals surface area (Å²) in [5, 5.41) is 1.35. The Morgan fingerprint density at radius 1 is 1.13 bits per heavy atom. The molecule has 1 heterocycles. The van der Waals surface area contributed by atoms with E-state index in [4.69, 9.17) is 0 Å². The second-order valence-corrected chi connectivity index (χ2v) is 3.82. The monoisotopic (exact) mass is 202 g/mol. The number of aromatic nitrogens is 1. The Balaban J connectivity index is 2.30. The van der Waals surface area contributed by atoms with Crippen LogP contribution < -0.4 is 0 Å². The minimum absolute atomic E-state index is 1.04. The van der Waals surface area contributed by atoms with E-state index in [1.165, 1.54) is 16.5 Å². The fourth-order valence-electron chi connectivity index (χ4n) is 1.98. The van der Waals surface area contributed by atoms with Crippen molar-refractivity contribution in [1.29, 1.82) is 0 Å². The average molecular weight is 202 g/mol. The lowest BCUT2D eigenvalue weighted by Crippen LogP contribution is -2.22. The summed E-state index contributed by atoms with van der Waals surface area (Å²) >= 11 is 0. The van der Waals surface area contributed by atoms with E-state index in [9.17, 15) is 0 Å². The highest BCUT2D eigenvalue weighted by atomic mass is 15.1. The quantitative estimate of drug-likeness (QED) is 0.807. The van der Waals surface area contributed by atoms with Gasteiger partial charge in [-0.3, -0.25) is 4.90 Å². The van der Waals surface area contributed by atoms with Crippen molar-refractivity contribution in [2.24, 2.45) is 0 Å². The lowest BCUT2D eigenvalue weighted by atomic mass is 10.1. The highest BCUT2D eigenvalue weighted by Crippen LogP contribution is 2.18. The molecule has 1 aromatic carbocycles. The van der Waals surface area contributed by atoms with Crippen molar-refractivity contribution >= 4 is 10.9 Å². The van der Waals surface area contributed by atoms with Gasteiger partial charge in [0.2, 0.25) is 0 Å². The molecule has 0 saturated heterocycles. The molecule has 1 N–H and O–H groups in total. The van der Waals surface area contributed by atoms with Crippen LogP contribution in [0.25, 0.3) is 10.9 Å². The lowest BCUT2D eigenvalue weighted by Gasteiger charge is -2.18. The van der Waals surface area contributed by atoms with E-state index in [-0.39, 0.29) is 0 Å². The summed E-state index contributed by atoms with van der Waals surface area (Å²) in [5.41, 5.74) is 2.65. The van der Waals surface area contributed by atoms with Gasteiger partial charge in [0.1, 0.15) is 0 Å². The number of aromatic amines is 1. The Labute approximate surface area is 90.9 Å². The normalized spacial score (nSPS) is 11.4. The van der Waals surface area contributed by atoms with E-state index in [1.54, 1.807) is 0 Å². The summed E-state index contributed by atoms with van der Waals surface area (Å²) in [7, 11) is 0. The van der Waals surface area contributed by atoms with Crippen molar-refractivity contribution in [2.45, 2.75) is 20.4 Å². The summed E-state index contributed by atoms with van der Waals surface area (Å²) in [6.07, 6.45) is 2.01. The Morgan fingerprint density at radius 3 is 2.67 bits per heavy atom. The molecule has 2 nitrogen and oxygen atoms in total. The van der Waals surface area contributed by atoms with Gasteiger partial charge < -0.3 is 4.98 Å². The van der Waals surface area contributed by atoms with Crippen LogP contribution in [0.5, 0.6) is 0 Å². The summed E-state index contributed by atoms with van der Waals surface area (Å²) in [6.45, 7) is 7.68. The van der Waals surface area contributed by atoms with Crippen LogP contribution in [0.2, 0.25) is 0 Å². The molecule has 2 heteroatoms. The first-order valence-electron chi connectivity index (χ1n) is 5.62. The van der Waals surface area contributed by atoms with Crippen molar-refractivity contribution in [3.05, 3.63) is 36.0 Å². The molecule has 2 aromatic rings. The number of hydrogen-bond acceptors (Lipinski definition) is 1. The van der Waals surface area contributed by atoms with Crippen LogP contribution in [0, 0.1) is 0 Å². The first kappa shape index (κ1) is 10.2. The Morgan fingerprint density at radius 2 is 1.93 bits per heavy atom. The molecular formula is C13H18N2. The molecule has 0 spiro atoms. The zero-order chi connectivity index (χ0) is 10.7. The van der Waals surface area contributed by atoms with E-state index < -0.39 is 0 Å². The Bertz CT molecular complexity index is 427. The van der Waals surface area contributed by atoms with E-state index in [0.29, 0.717) is 0 Å². The minimum Gasteiger partial charge on any atom is -0.361 e. The molecule has 0 bridgehead atoms. The van der Waals surface area contributed by atoms with Gasteiger partial charge in [0, 0.05) is 23.6 Å². The number of rotatable bonds is 4. The summed E-state index contributed by atoms with van der Waals surface area (Å²) < 4.78 is 0. The van der Waals surface area contributed by atoms with Gasteiger partial charge >= 0.3 is 0 Å². The van der Waals surface area contributed by atoms with Crippen LogP contribution in [0.15, 0.2) is 30.5 Å². The van der Waals surface area contributed by atoms with Crippen LogP contribution in [0.4, 0.5) is 0 Å². The van der Waals surface area contributed by atoms with Crippen LogP contribution in [0.1, 0.15) is 19.4 Å². The number of nitrogens with one attached hydrogen (secondary N) is 1. The maximum atomic E-state index is 3.25. The number of benzene rings is 1.